The van der Waals surface area contributed by atoms with Crippen LogP contribution in [-0.2, 0) is 0 Å². The van der Waals surface area contributed by atoms with E-state index in [0.717, 1.165) is 0 Å². The average molecular weight is 280 g/mol. The smallest absolute Gasteiger partial charge is 0.171 e. The molecule has 0 aliphatic carbocycles. The lowest BCUT2D eigenvalue weighted by Crippen LogP contribution is -2.25. The van der Waals surface area contributed by atoms with Crippen molar-refractivity contribution in [3.8, 4) is 0 Å². The van der Waals surface area contributed by atoms with Gasteiger partial charge in [0.2, 0.25) is 0 Å². The van der Waals surface area contributed by atoms with Crippen molar-refractivity contribution in [1.29, 1.82) is 0 Å². The van der Waals surface area contributed by atoms with Gasteiger partial charge < -0.3 is 0 Å². The van der Waals surface area contributed by atoms with Crippen LogP contribution in [-0.4, -0.2) is 10.6 Å². The van der Waals surface area contributed by atoms with E-state index in [1.807, 2.05) is 13.8 Å². The zero-order valence-electron chi connectivity index (χ0n) is 6.58. The van der Waals surface area contributed by atoms with Crippen molar-refractivity contribution in [1.82, 2.24) is 0 Å². The maximum atomic E-state index is 12.1. The number of rotatable bonds is 3. The molecule has 0 N–H and O–H groups in total. The molecule has 0 aliphatic heterocycles. The highest BCUT2D eigenvalue weighted by molar-refractivity contribution is 14.1. The third-order valence-corrected chi connectivity index (χ3v) is 2.47. The molecule has 68 valence electrons. The van der Waals surface area contributed by atoms with Gasteiger partial charge in [-0.15, -0.1) is 0 Å². The molecule has 0 bridgehead atoms. The summed E-state index contributed by atoms with van der Waals surface area (Å²) in [6, 6.07) is 0. The molecule has 0 fully saturated rings. The van der Waals surface area contributed by atoms with Gasteiger partial charge >= 0.3 is 6.18 Å². The molecule has 1 unspecified atom stereocenters. The largest absolute Gasteiger partial charge is 0.392 e. The van der Waals surface area contributed by atoms with Gasteiger partial charge in [0.1, 0.15) is 0 Å². The summed E-state index contributed by atoms with van der Waals surface area (Å²) in [6.07, 6.45) is -3.77. The topological polar surface area (TPSA) is 0 Å². The van der Waals surface area contributed by atoms with E-state index in [4.69, 9.17) is 0 Å². The van der Waals surface area contributed by atoms with Crippen molar-refractivity contribution >= 4 is 22.6 Å². The van der Waals surface area contributed by atoms with Gasteiger partial charge in [0, 0.05) is 4.43 Å². The van der Waals surface area contributed by atoms with Gasteiger partial charge in [-0.3, -0.25) is 0 Å². The zero-order valence-corrected chi connectivity index (χ0v) is 8.74. The van der Waals surface area contributed by atoms with Gasteiger partial charge in [-0.1, -0.05) is 36.4 Å². The summed E-state index contributed by atoms with van der Waals surface area (Å²) in [5, 5.41) is 0. The number of alkyl halides is 4. The Bertz CT molecular complexity index is 109. The number of hydrogen-bond donors (Lipinski definition) is 0. The van der Waals surface area contributed by atoms with Crippen LogP contribution < -0.4 is 0 Å². The Hall–Kier alpha value is 0.520. The summed E-state index contributed by atoms with van der Waals surface area (Å²) in [5.41, 5.74) is 0. The quantitative estimate of drug-likeness (QED) is 0.547. The molecule has 0 amide bonds. The molecule has 0 aromatic carbocycles. The molecule has 0 aromatic heterocycles. The molecule has 11 heavy (non-hydrogen) atoms. The van der Waals surface area contributed by atoms with Gasteiger partial charge in [0.25, 0.3) is 0 Å². The van der Waals surface area contributed by atoms with E-state index in [0.29, 0.717) is 0 Å². The molecule has 0 saturated heterocycles. The molecular formula is C7H12F3I. The van der Waals surface area contributed by atoms with Crippen LogP contribution in [0.15, 0.2) is 0 Å². The lowest BCUT2D eigenvalue weighted by Gasteiger charge is -2.19. The lowest BCUT2D eigenvalue weighted by molar-refractivity contribution is -0.170. The minimum atomic E-state index is -4.01. The fourth-order valence-electron chi connectivity index (χ4n) is 0.853. The van der Waals surface area contributed by atoms with Gasteiger partial charge in [-0.2, -0.15) is 13.2 Å². The number of halogens is 4. The fraction of sp³-hybridized carbons (Fsp3) is 1.00. The first-order valence-electron chi connectivity index (χ1n) is 3.50. The van der Waals surface area contributed by atoms with Crippen molar-refractivity contribution < 1.29 is 13.2 Å². The second-order valence-electron chi connectivity index (χ2n) is 3.02. The molecule has 1 atom stereocenters. The molecule has 0 aliphatic rings. The van der Waals surface area contributed by atoms with E-state index in [1.54, 1.807) is 22.6 Å². The number of hydrogen-bond acceptors (Lipinski definition) is 0. The van der Waals surface area contributed by atoms with Crippen LogP contribution >= 0.6 is 22.6 Å². The SMILES string of the molecule is CC(C)CC(CI)C(F)(F)F. The molecule has 0 nitrogen and oxygen atoms in total. The predicted octanol–water partition coefficient (Wildman–Crippen LogP) is 3.65. The van der Waals surface area contributed by atoms with E-state index < -0.39 is 12.1 Å². The summed E-state index contributed by atoms with van der Waals surface area (Å²) in [5.74, 6) is -1.00. The highest BCUT2D eigenvalue weighted by Gasteiger charge is 2.38. The van der Waals surface area contributed by atoms with E-state index in [2.05, 4.69) is 0 Å². The predicted molar refractivity (Wildman–Crippen MR) is 47.9 cm³/mol. The Morgan fingerprint density at radius 2 is 1.73 bits per heavy atom. The molecule has 0 rings (SSSR count). The summed E-state index contributed by atoms with van der Waals surface area (Å²) in [7, 11) is 0. The monoisotopic (exact) mass is 280 g/mol. The van der Waals surface area contributed by atoms with Crippen molar-refractivity contribution in [2.24, 2.45) is 11.8 Å². The maximum absolute atomic E-state index is 12.1. The Morgan fingerprint density at radius 1 is 1.27 bits per heavy atom. The first-order chi connectivity index (χ1) is 4.88. The van der Waals surface area contributed by atoms with Crippen LogP contribution in [0.5, 0.6) is 0 Å². The Morgan fingerprint density at radius 3 is 1.82 bits per heavy atom. The highest BCUT2D eigenvalue weighted by Crippen LogP contribution is 2.32. The molecule has 0 heterocycles. The third-order valence-electron chi connectivity index (χ3n) is 1.41. The molecule has 4 heteroatoms. The highest BCUT2D eigenvalue weighted by atomic mass is 127. The fourth-order valence-corrected chi connectivity index (χ4v) is 1.71. The lowest BCUT2D eigenvalue weighted by atomic mass is 9.99. The van der Waals surface area contributed by atoms with Crippen LogP contribution in [0.2, 0.25) is 0 Å². The van der Waals surface area contributed by atoms with Crippen molar-refractivity contribution in [2.45, 2.75) is 26.4 Å². The first kappa shape index (κ1) is 11.5. The Balaban J connectivity index is 3.96. The Labute approximate surface area is 78.7 Å². The molecule has 0 saturated carbocycles. The van der Waals surface area contributed by atoms with E-state index in [-0.39, 0.29) is 16.8 Å². The second kappa shape index (κ2) is 4.52. The average Bonchev–Trinajstić information content (AvgIpc) is 1.79. The molecular weight excluding hydrogens is 268 g/mol. The van der Waals surface area contributed by atoms with Crippen molar-refractivity contribution in [3.05, 3.63) is 0 Å². The standard InChI is InChI=1S/C7H12F3I/c1-5(2)3-6(4-11)7(8,9)10/h5-6H,3-4H2,1-2H3. The minimum absolute atomic E-state index is 0.122. The normalized spacial score (nSPS) is 15.5. The van der Waals surface area contributed by atoms with Crippen LogP contribution in [0.4, 0.5) is 13.2 Å². The minimum Gasteiger partial charge on any atom is -0.171 e. The van der Waals surface area contributed by atoms with Crippen LogP contribution in [0.1, 0.15) is 20.3 Å². The van der Waals surface area contributed by atoms with Crippen molar-refractivity contribution in [3.63, 3.8) is 0 Å². The van der Waals surface area contributed by atoms with Crippen LogP contribution in [0.25, 0.3) is 0 Å². The van der Waals surface area contributed by atoms with Gasteiger partial charge in [-0.05, 0) is 12.3 Å². The van der Waals surface area contributed by atoms with E-state index in [9.17, 15) is 13.2 Å². The van der Waals surface area contributed by atoms with E-state index in [1.165, 1.54) is 0 Å². The maximum Gasteiger partial charge on any atom is 0.392 e. The zero-order chi connectivity index (χ0) is 9.07. The van der Waals surface area contributed by atoms with Gasteiger partial charge in [-0.25, -0.2) is 0 Å². The van der Waals surface area contributed by atoms with Gasteiger partial charge in [0.05, 0.1) is 5.92 Å². The summed E-state index contributed by atoms with van der Waals surface area (Å²) in [4.78, 5) is 0. The molecule has 0 radical (unpaired) electrons. The first-order valence-corrected chi connectivity index (χ1v) is 5.03. The summed E-state index contributed by atoms with van der Waals surface area (Å²) < 4.78 is 36.4. The summed E-state index contributed by atoms with van der Waals surface area (Å²) in [6.45, 7) is 3.62. The third kappa shape index (κ3) is 4.87. The van der Waals surface area contributed by atoms with Crippen molar-refractivity contribution in [2.75, 3.05) is 4.43 Å². The van der Waals surface area contributed by atoms with Crippen LogP contribution in [0.3, 0.4) is 0 Å². The summed E-state index contributed by atoms with van der Waals surface area (Å²) >= 11 is 1.79. The second-order valence-corrected chi connectivity index (χ2v) is 3.90. The molecule has 0 spiro atoms. The molecule has 0 aromatic rings. The van der Waals surface area contributed by atoms with E-state index >= 15 is 0 Å². The van der Waals surface area contributed by atoms with Crippen LogP contribution in [0, 0.1) is 11.8 Å². The van der Waals surface area contributed by atoms with Gasteiger partial charge in [0.15, 0.2) is 0 Å². The Kier molecular flexibility index (Phi) is 4.74.